The molecule has 1 unspecified atom stereocenters. The number of methoxy groups -OCH3 is 1. The quantitative estimate of drug-likeness (QED) is 0.340. The first-order valence-corrected chi connectivity index (χ1v) is 16.4. The lowest BCUT2D eigenvalue weighted by molar-refractivity contribution is -0.166. The van der Waals surface area contributed by atoms with Gasteiger partial charge in [-0.05, 0) is 66.8 Å². The van der Waals surface area contributed by atoms with Crippen molar-refractivity contribution in [3.63, 3.8) is 0 Å². The highest BCUT2D eigenvalue weighted by Crippen LogP contribution is 2.36. The predicted octanol–water partition coefficient (Wildman–Crippen LogP) is 3.32. The van der Waals surface area contributed by atoms with Crippen molar-refractivity contribution in [3.8, 4) is 5.75 Å². The van der Waals surface area contributed by atoms with Crippen molar-refractivity contribution < 1.29 is 29.0 Å². The minimum atomic E-state index is -0.905. The van der Waals surface area contributed by atoms with Gasteiger partial charge < -0.3 is 30.1 Å². The number of carbonyl (C=O) groups is 3. The van der Waals surface area contributed by atoms with Crippen molar-refractivity contribution in [3.05, 3.63) is 64.7 Å². The number of nitrogens with zero attached hydrogens (tertiary/aromatic N) is 2. The molecule has 2 aromatic rings. The number of halogens is 1. The van der Waals surface area contributed by atoms with Crippen molar-refractivity contribution >= 4 is 30.1 Å². The fourth-order valence-electron chi connectivity index (χ4n) is 7.03. The van der Waals surface area contributed by atoms with Gasteiger partial charge in [0.15, 0.2) is 0 Å². The molecule has 11 heteroatoms. The van der Waals surface area contributed by atoms with Gasteiger partial charge in [0, 0.05) is 58.4 Å². The van der Waals surface area contributed by atoms with Crippen molar-refractivity contribution in [2.75, 3.05) is 47.0 Å². The number of nitrogens with one attached hydrogen (secondary N) is 2. The summed E-state index contributed by atoms with van der Waals surface area (Å²) in [6.07, 6.45) is 4.04. The third kappa shape index (κ3) is 7.68. The summed E-state index contributed by atoms with van der Waals surface area (Å²) in [6, 6.07) is 13.1. The van der Waals surface area contributed by atoms with E-state index < -0.39 is 17.7 Å². The van der Waals surface area contributed by atoms with E-state index in [0.717, 1.165) is 30.5 Å². The molecule has 3 saturated heterocycles. The van der Waals surface area contributed by atoms with Gasteiger partial charge in [0.05, 0.1) is 13.2 Å². The van der Waals surface area contributed by atoms with Crippen molar-refractivity contribution in [1.82, 2.24) is 20.4 Å². The topological polar surface area (TPSA) is 120 Å². The fraction of sp³-hybridized carbons (Fsp3) is 0.571. The first-order chi connectivity index (χ1) is 21.8. The summed E-state index contributed by atoms with van der Waals surface area (Å²) < 4.78 is 11.0. The zero-order valence-electron chi connectivity index (χ0n) is 27.3. The molecule has 3 N–H and O–H groups in total. The van der Waals surface area contributed by atoms with Crippen LogP contribution in [0.15, 0.2) is 42.5 Å². The summed E-state index contributed by atoms with van der Waals surface area (Å²) in [5.74, 6) is 0.207. The third-order valence-electron chi connectivity index (χ3n) is 9.87. The Morgan fingerprint density at radius 3 is 2.41 bits per heavy atom. The summed E-state index contributed by atoms with van der Waals surface area (Å²) in [4.78, 5) is 43.8. The predicted molar refractivity (Wildman–Crippen MR) is 178 cm³/mol. The van der Waals surface area contributed by atoms with Crippen LogP contribution in [0.4, 0.5) is 0 Å². The number of ether oxygens (including phenoxy) is 2. The van der Waals surface area contributed by atoms with E-state index >= 15 is 0 Å². The maximum atomic E-state index is 13.9. The average Bonchev–Trinajstić information content (AvgIpc) is 3.08. The van der Waals surface area contributed by atoms with E-state index in [4.69, 9.17) is 9.47 Å². The van der Waals surface area contributed by atoms with Crippen LogP contribution in [0.2, 0.25) is 0 Å². The van der Waals surface area contributed by atoms with E-state index in [-0.39, 0.29) is 36.0 Å². The lowest BCUT2D eigenvalue weighted by atomic mass is 9.79. The summed E-state index contributed by atoms with van der Waals surface area (Å²) in [6.45, 7) is 5.92. The van der Waals surface area contributed by atoms with E-state index in [1.165, 1.54) is 5.56 Å². The molecule has 0 radical (unpaired) electrons. The van der Waals surface area contributed by atoms with Gasteiger partial charge >= 0.3 is 0 Å². The van der Waals surface area contributed by atoms with Gasteiger partial charge in [-0.3, -0.25) is 19.3 Å². The van der Waals surface area contributed by atoms with Crippen LogP contribution in [0.3, 0.4) is 0 Å². The lowest BCUT2D eigenvalue weighted by Gasteiger charge is -2.52. The zero-order valence-corrected chi connectivity index (χ0v) is 28.1. The monoisotopic (exact) mass is 656 g/mol. The molecular formula is C35H49ClN4O6. The number of benzene rings is 2. The Hall–Kier alpha value is -3.18. The number of aliphatic hydroxyl groups is 1. The standard InChI is InChI=1S/C35H48N4O6.ClH/c1-4-5-16-39-33(42)30(31(40)26-12-19-45-20-13-26)37-34(43)35(39)14-17-38(18-15-35)23-25-8-6-24(7-9-25)21-27-10-11-28(32(41)36-2)22-29(27)44-3;/h6-11,22,26,30-31,40H,4-5,12-21,23H2,1-3H3,(H,36,41)(H,37,43);1H/t30-,31?;/m1./s1. The van der Waals surface area contributed by atoms with E-state index in [2.05, 4.69) is 46.7 Å². The van der Waals surface area contributed by atoms with Crippen LogP contribution in [-0.4, -0.2) is 97.3 Å². The first-order valence-electron chi connectivity index (χ1n) is 16.4. The van der Waals surface area contributed by atoms with E-state index in [0.29, 0.717) is 76.3 Å². The van der Waals surface area contributed by atoms with Gasteiger partial charge in [-0.1, -0.05) is 43.7 Å². The largest absolute Gasteiger partial charge is 0.496 e. The van der Waals surface area contributed by atoms with Gasteiger partial charge in [0.25, 0.3) is 5.91 Å². The maximum Gasteiger partial charge on any atom is 0.251 e. The highest BCUT2D eigenvalue weighted by molar-refractivity contribution is 6.00. The van der Waals surface area contributed by atoms with Crippen LogP contribution in [0.1, 0.15) is 72.5 Å². The second kappa shape index (κ2) is 16.1. The SMILES string of the molecule is CCCCN1C(=O)[C@@H](C(O)C2CCOCC2)NC(=O)C12CCN(Cc1ccc(Cc3ccc(C(=O)NC)cc3OC)cc1)CC2.Cl. The number of aliphatic hydroxyl groups excluding tert-OH is 1. The van der Waals surface area contributed by atoms with E-state index in [9.17, 15) is 19.5 Å². The molecule has 0 saturated carbocycles. The molecule has 10 nitrogen and oxygen atoms in total. The van der Waals surface area contributed by atoms with Gasteiger partial charge in [0.1, 0.15) is 17.3 Å². The molecule has 3 aliphatic heterocycles. The highest BCUT2D eigenvalue weighted by Gasteiger charge is 2.55. The number of likely N-dealkylation sites (tertiary alicyclic amines) is 1. The second-order valence-corrected chi connectivity index (χ2v) is 12.6. The first kappa shape index (κ1) is 35.7. The molecule has 0 bridgehead atoms. The molecule has 3 amide bonds. The molecule has 1 spiro atoms. The zero-order chi connectivity index (χ0) is 32.0. The number of piperidine rings is 1. The van der Waals surface area contributed by atoms with Gasteiger partial charge in [-0.25, -0.2) is 0 Å². The van der Waals surface area contributed by atoms with Crippen LogP contribution in [0.5, 0.6) is 5.75 Å². The minimum absolute atomic E-state index is 0. The van der Waals surface area contributed by atoms with Crippen molar-refractivity contribution in [1.29, 1.82) is 0 Å². The Labute approximate surface area is 278 Å². The summed E-state index contributed by atoms with van der Waals surface area (Å²) in [5.41, 5.74) is 3.03. The molecule has 5 rings (SSSR count). The number of carbonyl (C=O) groups excluding carboxylic acids is 3. The Morgan fingerprint density at radius 1 is 1.11 bits per heavy atom. The summed E-state index contributed by atoms with van der Waals surface area (Å²) >= 11 is 0. The molecule has 3 aliphatic rings. The van der Waals surface area contributed by atoms with Crippen LogP contribution >= 0.6 is 12.4 Å². The Morgan fingerprint density at radius 2 is 1.78 bits per heavy atom. The molecule has 2 aromatic carbocycles. The average molecular weight is 657 g/mol. The minimum Gasteiger partial charge on any atom is -0.496 e. The number of unbranched alkanes of at least 4 members (excludes halogenated alkanes) is 1. The normalized spacial score (nSPS) is 21.0. The molecule has 0 aromatic heterocycles. The smallest absolute Gasteiger partial charge is 0.251 e. The van der Waals surface area contributed by atoms with Crippen molar-refractivity contribution in [2.45, 2.75) is 76.1 Å². The maximum absolute atomic E-state index is 13.9. The van der Waals surface area contributed by atoms with Gasteiger partial charge in [-0.15, -0.1) is 12.4 Å². The van der Waals surface area contributed by atoms with Crippen molar-refractivity contribution in [2.24, 2.45) is 5.92 Å². The number of hydrogen-bond acceptors (Lipinski definition) is 7. The van der Waals surface area contributed by atoms with Crippen LogP contribution in [0.25, 0.3) is 0 Å². The highest BCUT2D eigenvalue weighted by atomic mass is 35.5. The molecule has 3 heterocycles. The Kier molecular flexibility index (Phi) is 12.5. The third-order valence-corrected chi connectivity index (χ3v) is 9.87. The number of hydrogen-bond donors (Lipinski definition) is 3. The fourth-order valence-corrected chi connectivity index (χ4v) is 7.03. The molecule has 252 valence electrons. The Balaban J connectivity index is 0.00000480. The van der Waals surface area contributed by atoms with Gasteiger partial charge in [0.2, 0.25) is 11.8 Å². The molecule has 46 heavy (non-hydrogen) atoms. The summed E-state index contributed by atoms with van der Waals surface area (Å²) in [5, 5.41) is 16.8. The van der Waals surface area contributed by atoms with E-state index in [1.807, 2.05) is 17.0 Å². The van der Waals surface area contributed by atoms with E-state index in [1.54, 1.807) is 20.2 Å². The number of piperazine rings is 1. The number of rotatable bonds is 11. The van der Waals surface area contributed by atoms with Gasteiger partial charge in [-0.2, -0.15) is 0 Å². The summed E-state index contributed by atoms with van der Waals surface area (Å²) in [7, 11) is 3.22. The van der Waals surface area contributed by atoms with Crippen LogP contribution < -0.4 is 15.4 Å². The second-order valence-electron chi connectivity index (χ2n) is 12.6. The molecule has 0 aliphatic carbocycles. The lowest BCUT2D eigenvalue weighted by Crippen LogP contribution is -2.75. The molecule has 3 fully saturated rings. The van der Waals surface area contributed by atoms with Crippen LogP contribution in [0, 0.1) is 5.92 Å². The number of amides is 3. The molecule has 2 atom stereocenters. The molecular weight excluding hydrogens is 608 g/mol. The van der Waals surface area contributed by atoms with Crippen LogP contribution in [-0.2, 0) is 27.3 Å². The Bertz CT molecular complexity index is 1340.